The summed E-state index contributed by atoms with van der Waals surface area (Å²) in [5.41, 5.74) is 7.76. The monoisotopic (exact) mass is 332 g/mol. The molecular weight excluding hydrogens is 304 g/mol. The molecule has 0 amide bonds. The largest absolute Gasteiger partial charge is 0.352 e. The lowest BCUT2D eigenvalue weighted by molar-refractivity contribution is 0.291. The Bertz CT molecular complexity index is 830. The summed E-state index contributed by atoms with van der Waals surface area (Å²) in [5, 5.41) is 0. The molecule has 1 atom stereocenters. The van der Waals surface area contributed by atoms with Crippen LogP contribution in [0, 0.1) is 13.8 Å². The second-order valence-corrected chi connectivity index (χ2v) is 8.00. The first kappa shape index (κ1) is 16.4. The number of rotatable bonds is 2. The van der Waals surface area contributed by atoms with Gasteiger partial charge in [-0.1, -0.05) is 48.7 Å². The Morgan fingerprint density at radius 1 is 1.00 bits per heavy atom. The zero-order valence-electron chi connectivity index (χ0n) is 15.8. The van der Waals surface area contributed by atoms with Crippen LogP contribution in [0.3, 0.4) is 0 Å². The molecule has 4 rings (SSSR count). The van der Waals surface area contributed by atoms with Crippen molar-refractivity contribution in [3.63, 3.8) is 0 Å². The molecule has 0 saturated heterocycles. The highest BCUT2D eigenvalue weighted by Crippen LogP contribution is 2.45. The third-order valence-electron chi connectivity index (χ3n) is 6.37. The molecule has 1 fully saturated rings. The van der Waals surface area contributed by atoms with Gasteiger partial charge in [-0.2, -0.15) is 0 Å². The number of benzene rings is 2. The molecule has 2 aromatic carbocycles. The summed E-state index contributed by atoms with van der Waals surface area (Å²) in [6.45, 7) is 6.72. The van der Waals surface area contributed by atoms with Crippen LogP contribution in [0.15, 0.2) is 41.4 Å². The lowest BCUT2D eigenvalue weighted by Gasteiger charge is -2.43. The Morgan fingerprint density at radius 3 is 2.52 bits per heavy atom. The maximum absolute atomic E-state index is 4.78. The summed E-state index contributed by atoms with van der Waals surface area (Å²) < 4.78 is 0. The first-order valence-corrected chi connectivity index (χ1v) is 9.49. The van der Waals surface area contributed by atoms with E-state index in [1.807, 2.05) is 6.34 Å². The number of hydrogen-bond acceptors (Lipinski definition) is 2. The molecule has 1 saturated carbocycles. The number of aryl methyl sites for hydroxylation is 2. The smallest absolute Gasteiger partial charge is 0.0919 e. The lowest BCUT2D eigenvalue weighted by atomic mass is 9.78. The first-order chi connectivity index (χ1) is 12.0. The van der Waals surface area contributed by atoms with Crippen molar-refractivity contribution in [2.24, 2.45) is 4.99 Å². The van der Waals surface area contributed by atoms with E-state index in [2.05, 4.69) is 69.1 Å². The van der Waals surface area contributed by atoms with Gasteiger partial charge in [-0.15, -0.1) is 0 Å². The molecule has 130 valence electrons. The Balaban J connectivity index is 1.85. The standard InChI is InChI=1S/C23H28N2/c1-16-9-10-17(2)21(13-16)23(3)20-12-11-19(18-7-5-6-8-18)14-22(20)24-15-25(23)4/h9-15,18H,5-8H2,1-4H3. The van der Waals surface area contributed by atoms with Gasteiger partial charge < -0.3 is 4.90 Å². The average molecular weight is 332 g/mol. The van der Waals surface area contributed by atoms with Gasteiger partial charge in [0.15, 0.2) is 0 Å². The Hall–Kier alpha value is -2.09. The Morgan fingerprint density at radius 2 is 1.76 bits per heavy atom. The van der Waals surface area contributed by atoms with E-state index < -0.39 is 0 Å². The number of nitrogens with zero attached hydrogens (tertiary/aromatic N) is 2. The number of fused-ring (bicyclic) bond motifs is 1. The Kier molecular flexibility index (Phi) is 3.94. The van der Waals surface area contributed by atoms with Crippen molar-refractivity contribution in [3.05, 3.63) is 64.2 Å². The molecule has 1 unspecified atom stereocenters. The maximum atomic E-state index is 4.78. The molecule has 1 aliphatic heterocycles. The van der Waals surface area contributed by atoms with E-state index >= 15 is 0 Å². The van der Waals surface area contributed by atoms with E-state index in [0.717, 1.165) is 11.6 Å². The van der Waals surface area contributed by atoms with Crippen molar-refractivity contribution >= 4 is 12.0 Å². The second-order valence-electron chi connectivity index (χ2n) is 8.00. The molecule has 25 heavy (non-hydrogen) atoms. The second kappa shape index (κ2) is 6.01. The molecule has 0 N–H and O–H groups in total. The molecule has 0 aromatic heterocycles. The molecule has 0 radical (unpaired) electrons. The van der Waals surface area contributed by atoms with Gasteiger partial charge in [-0.05, 0) is 62.3 Å². The highest BCUT2D eigenvalue weighted by atomic mass is 15.2. The van der Waals surface area contributed by atoms with Crippen LogP contribution in [0.2, 0.25) is 0 Å². The summed E-state index contributed by atoms with van der Waals surface area (Å²) in [6.07, 6.45) is 7.40. The fourth-order valence-corrected chi connectivity index (χ4v) is 4.63. The van der Waals surface area contributed by atoms with E-state index in [0.29, 0.717) is 0 Å². The minimum absolute atomic E-state index is 0.179. The van der Waals surface area contributed by atoms with Crippen molar-refractivity contribution in [1.82, 2.24) is 4.90 Å². The van der Waals surface area contributed by atoms with E-state index in [1.54, 1.807) is 0 Å². The SMILES string of the molecule is Cc1ccc(C)c(C2(C)c3ccc(C4CCCC4)cc3N=CN2C)c1. The van der Waals surface area contributed by atoms with Crippen molar-refractivity contribution in [2.45, 2.75) is 57.9 Å². The van der Waals surface area contributed by atoms with Crippen LogP contribution in [0.5, 0.6) is 0 Å². The fraction of sp³-hybridized carbons (Fsp3) is 0.435. The summed E-state index contributed by atoms with van der Waals surface area (Å²) in [4.78, 5) is 7.04. The minimum Gasteiger partial charge on any atom is -0.352 e. The van der Waals surface area contributed by atoms with Crippen LogP contribution in [0.4, 0.5) is 5.69 Å². The lowest BCUT2D eigenvalue weighted by Crippen LogP contribution is -2.43. The summed E-state index contributed by atoms with van der Waals surface area (Å²) >= 11 is 0. The van der Waals surface area contributed by atoms with Crippen LogP contribution >= 0.6 is 0 Å². The van der Waals surface area contributed by atoms with Gasteiger partial charge in [0.2, 0.25) is 0 Å². The molecular formula is C23H28N2. The highest BCUT2D eigenvalue weighted by molar-refractivity contribution is 5.72. The van der Waals surface area contributed by atoms with Crippen molar-refractivity contribution in [3.8, 4) is 0 Å². The van der Waals surface area contributed by atoms with Crippen molar-refractivity contribution in [2.75, 3.05) is 7.05 Å². The highest BCUT2D eigenvalue weighted by Gasteiger charge is 2.38. The predicted molar refractivity (Wildman–Crippen MR) is 106 cm³/mol. The molecule has 2 aromatic rings. The average Bonchev–Trinajstić information content (AvgIpc) is 3.15. The molecule has 2 heteroatoms. The summed E-state index contributed by atoms with van der Waals surface area (Å²) in [5.74, 6) is 0.729. The minimum atomic E-state index is -0.179. The van der Waals surface area contributed by atoms with Gasteiger partial charge in [0, 0.05) is 12.6 Å². The van der Waals surface area contributed by atoms with Gasteiger partial charge in [-0.25, -0.2) is 4.99 Å². The van der Waals surface area contributed by atoms with Gasteiger partial charge in [0.25, 0.3) is 0 Å². The molecule has 2 aliphatic rings. The third-order valence-corrected chi connectivity index (χ3v) is 6.37. The van der Waals surface area contributed by atoms with Crippen LogP contribution in [0.25, 0.3) is 0 Å². The number of aliphatic imine (C=N–C) groups is 1. The molecule has 1 heterocycles. The van der Waals surface area contributed by atoms with E-state index in [4.69, 9.17) is 4.99 Å². The van der Waals surface area contributed by atoms with E-state index in [9.17, 15) is 0 Å². The third kappa shape index (κ3) is 2.59. The van der Waals surface area contributed by atoms with Gasteiger partial charge >= 0.3 is 0 Å². The fourth-order valence-electron chi connectivity index (χ4n) is 4.63. The van der Waals surface area contributed by atoms with Crippen LogP contribution in [-0.4, -0.2) is 18.3 Å². The van der Waals surface area contributed by atoms with Gasteiger partial charge in [0.05, 0.1) is 17.6 Å². The normalized spacial score (nSPS) is 23.1. The molecule has 0 bridgehead atoms. The quantitative estimate of drug-likeness (QED) is 0.675. The van der Waals surface area contributed by atoms with Crippen molar-refractivity contribution < 1.29 is 0 Å². The van der Waals surface area contributed by atoms with E-state index in [-0.39, 0.29) is 5.54 Å². The van der Waals surface area contributed by atoms with Gasteiger partial charge in [-0.3, -0.25) is 0 Å². The van der Waals surface area contributed by atoms with Crippen molar-refractivity contribution in [1.29, 1.82) is 0 Å². The zero-order chi connectivity index (χ0) is 17.6. The topological polar surface area (TPSA) is 15.6 Å². The van der Waals surface area contributed by atoms with Crippen LogP contribution in [-0.2, 0) is 5.54 Å². The first-order valence-electron chi connectivity index (χ1n) is 9.49. The van der Waals surface area contributed by atoms with Gasteiger partial charge in [0.1, 0.15) is 0 Å². The van der Waals surface area contributed by atoms with Crippen LogP contribution < -0.4 is 0 Å². The van der Waals surface area contributed by atoms with Crippen LogP contribution in [0.1, 0.15) is 66.3 Å². The summed E-state index contributed by atoms with van der Waals surface area (Å²) in [7, 11) is 2.14. The Labute approximate surface area is 151 Å². The molecule has 0 spiro atoms. The maximum Gasteiger partial charge on any atom is 0.0919 e. The van der Waals surface area contributed by atoms with E-state index in [1.165, 1.54) is 53.5 Å². The zero-order valence-corrected chi connectivity index (χ0v) is 15.8. The molecule has 2 nitrogen and oxygen atoms in total. The summed E-state index contributed by atoms with van der Waals surface area (Å²) in [6, 6.07) is 13.8. The number of hydrogen-bond donors (Lipinski definition) is 0. The predicted octanol–water partition coefficient (Wildman–Crippen LogP) is 5.83. The molecule has 1 aliphatic carbocycles.